The molecule has 4 nitrogen and oxygen atoms in total. The van der Waals surface area contributed by atoms with E-state index in [1.807, 2.05) is 42.8 Å². The Morgan fingerprint density at radius 3 is 2.81 bits per heavy atom. The number of carboxylic acids is 1. The Bertz CT molecular complexity index is 775. The molecule has 0 aliphatic heterocycles. The van der Waals surface area contributed by atoms with Crippen LogP contribution in [0.3, 0.4) is 0 Å². The number of carboxylic acid groups (broad SMARTS) is 1. The largest absolute Gasteiger partial charge is 0.481 e. The van der Waals surface area contributed by atoms with Crippen molar-refractivity contribution in [3.63, 3.8) is 0 Å². The minimum atomic E-state index is -0.814. The van der Waals surface area contributed by atoms with Crippen molar-refractivity contribution in [2.45, 2.75) is 13.3 Å². The molecule has 0 saturated heterocycles. The molecule has 0 aliphatic carbocycles. The highest BCUT2D eigenvalue weighted by atomic mass is 32.1. The minimum Gasteiger partial charge on any atom is -0.481 e. The van der Waals surface area contributed by atoms with Gasteiger partial charge < -0.3 is 5.11 Å². The maximum atomic E-state index is 10.7. The summed E-state index contributed by atoms with van der Waals surface area (Å²) in [6.45, 7) is 2.00. The van der Waals surface area contributed by atoms with E-state index in [0.717, 1.165) is 31.7 Å². The van der Waals surface area contributed by atoms with Crippen LogP contribution < -0.4 is 0 Å². The molecule has 106 valence electrons. The van der Waals surface area contributed by atoms with E-state index >= 15 is 0 Å². The zero-order valence-corrected chi connectivity index (χ0v) is 12.9. The first-order chi connectivity index (χ1) is 10.1. The lowest BCUT2D eigenvalue weighted by Crippen LogP contribution is -1.96. The SMILES string of the molecule is Cc1ccc(-c2nc(-c3ccc(CC(=O)O)s3)cs2)nc1. The third-order valence-corrected chi connectivity index (χ3v) is 4.85. The highest BCUT2D eigenvalue weighted by molar-refractivity contribution is 7.16. The van der Waals surface area contributed by atoms with E-state index in [0.29, 0.717) is 0 Å². The molecule has 0 fully saturated rings. The summed E-state index contributed by atoms with van der Waals surface area (Å²) in [7, 11) is 0. The average molecular weight is 316 g/mol. The van der Waals surface area contributed by atoms with Crippen molar-refractivity contribution in [1.82, 2.24) is 9.97 Å². The molecule has 1 N–H and O–H groups in total. The van der Waals surface area contributed by atoms with Gasteiger partial charge in [0.15, 0.2) is 0 Å². The molecule has 3 rings (SSSR count). The molecule has 0 saturated carbocycles. The summed E-state index contributed by atoms with van der Waals surface area (Å²) in [5.74, 6) is -0.814. The summed E-state index contributed by atoms with van der Waals surface area (Å²) in [4.78, 5) is 21.5. The summed E-state index contributed by atoms with van der Waals surface area (Å²) in [6.07, 6.45) is 1.88. The molecule has 0 radical (unpaired) electrons. The quantitative estimate of drug-likeness (QED) is 0.793. The Morgan fingerprint density at radius 1 is 1.24 bits per heavy atom. The van der Waals surface area contributed by atoms with Gasteiger partial charge in [0.05, 0.1) is 22.7 Å². The smallest absolute Gasteiger partial charge is 0.308 e. The van der Waals surface area contributed by atoms with Gasteiger partial charge in [-0.15, -0.1) is 22.7 Å². The maximum absolute atomic E-state index is 10.7. The number of carbonyl (C=O) groups is 1. The van der Waals surface area contributed by atoms with E-state index in [1.165, 1.54) is 11.3 Å². The number of rotatable bonds is 4. The van der Waals surface area contributed by atoms with Crippen LogP contribution in [0, 0.1) is 6.92 Å². The number of thiophene rings is 1. The lowest BCUT2D eigenvalue weighted by atomic mass is 10.3. The fourth-order valence-electron chi connectivity index (χ4n) is 1.86. The van der Waals surface area contributed by atoms with Gasteiger partial charge in [-0.25, -0.2) is 4.98 Å². The molecule has 3 aromatic heterocycles. The second kappa shape index (κ2) is 5.75. The van der Waals surface area contributed by atoms with E-state index in [4.69, 9.17) is 5.11 Å². The number of aliphatic carboxylic acids is 1. The summed E-state index contributed by atoms with van der Waals surface area (Å²) >= 11 is 3.01. The molecular weight excluding hydrogens is 304 g/mol. The van der Waals surface area contributed by atoms with Crippen molar-refractivity contribution < 1.29 is 9.90 Å². The van der Waals surface area contributed by atoms with E-state index in [1.54, 1.807) is 11.3 Å². The second-order valence-electron chi connectivity index (χ2n) is 4.60. The Morgan fingerprint density at radius 2 is 2.10 bits per heavy atom. The average Bonchev–Trinajstić information content (AvgIpc) is 3.07. The second-order valence-corrected chi connectivity index (χ2v) is 6.62. The maximum Gasteiger partial charge on any atom is 0.308 e. The predicted molar refractivity (Wildman–Crippen MR) is 84.7 cm³/mol. The van der Waals surface area contributed by atoms with Crippen molar-refractivity contribution >= 4 is 28.6 Å². The standard InChI is InChI=1S/C15H12N2O2S2/c1-9-2-4-11(16-7-9)15-17-12(8-20-15)13-5-3-10(21-13)6-14(18)19/h2-5,7-8H,6H2,1H3,(H,18,19). The van der Waals surface area contributed by atoms with Gasteiger partial charge >= 0.3 is 5.97 Å². The van der Waals surface area contributed by atoms with Crippen LogP contribution in [0.5, 0.6) is 0 Å². The summed E-state index contributed by atoms with van der Waals surface area (Å²) in [5.41, 5.74) is 2.85. The molecule has 0 atom stereocenters. The van der Waals surface area contributed by atoms with Crippen LogP contribution in [0.2, 0.25) is 0 Å². The van der Waals surface area contributed by atoms with E-state index in [9.17, 15) is 4.79 Å². The van der Waals surface area contributed by atoms with Gasteiger partial charge in [-0.05, 0) is 30.7 Å². The first-order valence-corrected chi connectivity index (χ1v) is 8.01. The van der Waals surface area contributed by atoms with E-state index in [2.05, 4.69) is 9.97 Å². The Hall–Kier alpha value is -2.05. The fraction of sp³-hybridized carbons (Fsp3) is 0.133. The Balaban J connectivity index is 1.86. The van der Waals surface area contributed by atoms with Crippen LogP contribution in [0.15, 0.2) is 35.8 Å². The van der Waals surface area contributed by atoms with Crippen molar-refractivity contribution in [2.24, 2.45) is 0 Å². The van der Waals surface area contributed by atoms with Crippen molar-refractivity contribution in [3.8, 4) is 21.3 Å². The van der Waals surface area contributed by atoms with Crippen LogP contribution in [0.25, 0.3) is 21.3 Å². The van der Waals surface area contributed by atoms with Crippen LogP contribution >= 0.6 is 22.7 Å². The highest BCUT2D eigenvalue weighted by Gasteiger charge is 2.11. The first-order valence-electron chi connectivity index (χ1n) is 6.31. The number of hydrogen-bond acceptors (Lipinski definition) is 5. The lowest BCUT2D eigenvalue weighted by Gasteiger charge is -1.95. The molecule has 3 heterocycles. The molecule has 0 aliphatic rings. The molecule has 6 heteroatoms. The number of aryl methyl sites for hydroxylation is 1. The number of nitrogens with zero attached hydrogens (tertiary/aromatic N) is 2. The topological polar surface area (TPSA) is 63.1 Å². The van der Waals surface area contributed by atoms with E-state index in [-0.39, 0.29) is 6.42 Å². The van der Waals surface area contributed by atoms with Crippen LogP contribution in [-0.4, -0.2) is 21.0 Å². The molecule has 0 unspecified atom stereocenters. The molecule has 21 heavy (non-hydrogen) atoms. The first kappa shape index (κ1) is 13.9. The zero-order valence-electron chi connectivity index (χ0n) is 11.2. The number of hydrogen-bond donors (Lipinski definition) is 1. The van der Waals surface area contributed by atoms with Crippen molar-refractivity contribution in [2.75, 3.05) is 0 Å². The third-order valence-electron chi connectivity index (χ3n) is 2.87. The molecule has 0 aromatic carbocycles. The third kappa shape index (κ3) is 3.17. The number of thiazole rings is 1. The molecule has 0 bridgehead atoms. The van der Waals surface area contributed by atoms with Gasteiger partial charge in [-0.1, -0.05) is 6.07 Å². The van der Waals surface area contributed by atoms with E-state index < -0.39 is 5.97 Å². The van der Waals surface area contributed by atoms with Gasteiger partial charge in [-0.3, -0.25) is 9.78 Å². The van der Waals surface area contributed by atoms with Crippen molar-refractivity contribution in [1.29, 1.82) is 0 Å². The lowest BCUT2D eigenvalue weighted by molar-refractivity contribution is -0.136. The Labute approximate surface area is 129 Å². The zero-order chi connectivity index (χ0) is 14.8. The molecule has 3 aromatic rings. The van der Waals surface area contributed by atoms with Crippen LogP contribution in [0.4, 0.5) is 0 Å². The number of aromatic nitrogens is 2. The minimum absolute atomic E-state index is 0.0567. The molecular formula is C15H12N2O2S2. The fourth-order valence-corrected chi connectivity index (χ4v) is 3.69. The van der Waals surface area contributed by atoms with Gasteiger partial charge in [0.25, 0.3) is 0 Å². The van der Waals surface area contributed by atoms with Gasteiger partial charge in [0.1, 0.15) is 5.01 Å². The summed E-state index contributed by atoms with van der Waals surface area (Å²) in [5, 5.41) is 11.7. The summed E-state index contributed by atoms with van der Waals surface area (Å²) < 4.78 is 0. The Kier molecular flexibility index (Phi) is 3.81. The monoisotopic (exact) mass is 316 g/mol. The van der Waals surface area contributed by atoms with Crippen molar-refractivity contribution in [3.05, 3.63) is 46.3 Å². The summed E-state index contributed by atoms with van der Waals surface area (Å²) in [6, 6.07) is 7.74. The van der Waals surface area contributed by atoms with Gasteiger partial charge in [0, 0.05) is 16.5 Å². The molecule has 0 spiro atoms. The predicted octanol–water partition coefficient (Wildman–Crippen LogP) is 3.87. The van der Waals surface area contributed by atoms with Gasteiger partial charge in [-0.2, -0.15) is 0 Å². The number of pyridine rings is 1. The van der Waals surface area contributed by atoms with Crippen LogP contribution in [0.1, 0.15) is 10.4 Å². The van der Waals surface area contributed by atoms with Crippen LogP contribution in [-0.2, 0) is 11.2 Å². The highest BCUT2D eigenvalue weighted by Crippen LogP contribution is 2.32. The van der Waals surface area contributed by atoms with Gasteiger partial charge in [0.2, 0.25) is 0 Å². The molecule has 0 amide bonds. The normalized spacial score (nSPS) is 10.7.